The maximum atomic E-state index is 13.0. The third-order valence-corrected chi connectivity index (χ3v) is 2.57. The Kier molecular flexibility index (Phi) is 2.44. The lowest BCUT2D eigenvalue weighted by Gasteiger charge is -2.08. The van der Waals surface area contributed by atoms with Crippen LogP contribution in [-0.4, -0.2) is 24.6 Å². The Balaban J connectivity index is 1.86. The van der Waals surface area contributed by atoms with E-state index in [2.05, 4.69) is 25.4 Å². The molecule has 0 radical (unpaired) electrons. The zero-order valence-corrected chi connectivity index (χ0v) is 9.63. The lowest BCUT2D eigenvalue weighted by molar-refractivity contribution is 0.614. The molecule has 1 unspecified atom stereocenters. The number of H-pyrrole nitrogens is 1. The number of anilines is 1. The largest absolute Gasteiger partial charge is 0.347 e. The van der Waals surface area contributed by atoms with Crippen LogP contribution in [0.5, 0.6) is 0 Å². The summed E-state index contributed by atoms with van der Waals surface area (Å²) < 4.78 is 14.4. The van der Waals surface area contributed by atoms with Gasteiger partial charge in [0.15, 0.2) is 5.65 Å². The van der Waals surface area contributed by atoms with E-state index in [1.165, 1.54) is 16.8 Å². The van der Waals surface area contributed by atoms with E-state index in [4.69, 9.17) is 0 Å². The van der Waals surface area contributed by atoms with Crippen molar-refractivity contribution in [1.29, 1.82) is 0 Å². The summed E-state index contributed by atoms with van der Waals surface area (Å²) in [6.07, 6.45) is 4.71. The predicted molar refractivity (Wildman–Crippen MR) is 63.6 cm³/mol. The van der Waals surface area contributed by atoms with E-state index in [-0.39, 0.29) is 11.9 Å². The first kappa shape index (κ1) is 10.7. The van der Waals surface area contributed by atoms with Crippen molar-refractivity contribution in [2.45, 2.75) is 13.0 Å². The number of halogens is 1. The van der Waals surface area contributed by atoms with Crippen LogP contribution in [0.2, 0.25) is 0 Å². The summed E-state index contributed by atoms with van der Waals surface area (Å²) in [6.45, 7) is 1.94. The highest BCUT2D eigenvalue weighted by Gasteiger charge is 2.11. The molecule has 92 valence electrons. The molecule has 0 saturated heterocycles. The number of hydrogen-bond donors (Lipinski definition) is 2. The topological polar surface area (TPSA) is 70.9 Å². The van der Waals surface area contributed by atoms with E-state index in [1.807, 2.05) is 6.92 Å². The maximum Gasteiger partial charge on any atom is 0.243 e. The van der Waals surface area contributed by atoms with Crippen LogP contribution in [0.1, 0.15) is 18.8 Å². The van der Waals surface area contributed by atoms with Gasteiger partial charge in [0.25, 0.3) is 0 Å². The first-order valence-electron chi connectivity index (χ1n) is 5.50. The number of nitrogens with one attached hydrogen (secondary N) is 2. The summed E-state index contributed by atoms with van der Waals surface area (Å²) in [6, 6.07) is 2.87. The molecule has 1 atom stereocenters. The van der Waals surface area contributed by atoms with Crippen molar-refractivity contribution in [2.24, 2.45) is 0 Å². The van der Waals surface area contributed by atoms with Crippen LogP contribution in [0.3, 0.4) is 0 Å². The molecule has 0 saturated carbocycles. The van der Waals surface area contributed by atoms with Crippen LogP contribution >= 0.6 is 0 Å². The standard InChI is InChI=1S/C11H11FN6/c1-7(10-13-4-5-14-10)15-11-16-9-3-2-8(12)6-18(9)17-11/h2-7H,1H3,(H,13,14)(H,15,17). The number of imidazole rings is 1. The molecular formula is C11H11FN6. The highest BCUT2D eigenvalue weighted by molar-refractivity contribution is 5.43. The van der Waals surface area contributed by atoms with Gasteiger partial charge in [0.2, 0.25) is 5.95 Å². The van der Waals surface area contributed by atoms with Gasteiger partial charge in [-0.3, -0.25) is 0 Å². The van der Waals surface area contributed by atoms with E-state index in [0.717, 1.165) is 5.82 Å². The molecule has 3 rings (SSSR count). The van der Waals surface area contributed by atoms with Crippen LogP contribution in [0.15, 0.2) is 30.7 Å². The molecule has 0 aliphatic heterocycles. The highest BCUT2D eigenvalue weighted by Crippen LogP contribution is 2.14. The van der Waals surface area contributed by atoms with Crippen LogP contribution in [-0.2, 0) is 0 Å². The highest BCUT2D eigenvalue weighted by atomic mass is 19.1. The Bertz CT molecular complexity index is 659. The Hall–Kier alpha value is -2.44. The van der Waals surface area contributed by atoms with Gasteiger partial charge in [-0.05, 0) is 19.1 Å². The van der Waals surface area contributed by atoms with Crippen LogP contribution < -0.4 is 5.32 Å². The molecule has 0 aliphatic carbocycles. The van der Waals surface area contributed by atoms with Crippen molar-refractivity contribution < 1.29 is 4.39 Å². The van der Waals surface area contributed by atoms with Crippen LogP contribution in [0.25, 0.3) is 5.65 Å². The minimum Gasteiger partial charge on any atom is -0.347 e. The fourth-order valence-electron chi connectivity index (χ4n) is 1.70. The van der Waals surface area contributed by atoms with E-state index >= 15 is 0 Å². The molecule has 0 amide bonds. The molecule has 0 aromatic carbocycles. The Morgan fingerprint density at radius 2 is 2.33 bits per heavy atom. The zero-order valence-electron chi connectivity index (χ0n) is 9.63. The summed E-state index contributed by atoms with van der Waals surface area (Å²) in [5.74, 6) is 0.877. The van der Waals surface area contributed by atoms with Crippen molar-refractivity contribution in [3.05, 3.63) is 42.4 Å². The van der Waals surface area contributed by atoms with Gasteiger partial charge < -0.3 is 10.3 Å². The smallest absolute Gasteiger partial charge is 0.243 e. The fourth-order valence-corrected chi connectivity index (χ4v) is 1.70. The molecule has 3 aromatic heterocycles. The van der Waals surface area contributed by atoms with Crippen molar-refractivity contribution in [1.82, 2.24) is 24.6 Å². The lowest BCUT2D eigenvalue weighted by Crippen LogP contribution is -2.09. The summed E-state index contributed by atoms with van der Waals surface area (Å²) in [7, 11) is 0. The molecule has 0 spiro atoms. The number of aromatic nitrogens is 5. The average Bonchev–Trinajstić information content (AvgIpc) is 2.95. The molecule has 2 N–H and O–H groups in total. The minimum atomic E-state index is -0.349. The molecule has 0 aliphatic rings. The number of rotatable bonds is 3. The molecule has 6 nitrogen and oxygen atoms in total. The molecule has 0 bridgehead atoms. The predicted octanol–water partition coefficient (Wildman–Crippen LogP) is 1.76. The second-order valence-electron chi connectivity index (χ2n) is 3.93. The second kappa shape index (κ2) is 4.10. The van der Waals surface area contributed by atoms with E-state index in [1.54, 1.807) is 18.5 Å². The Morgan fingerprint density at radius 1 is 1.44 bits per heavy atom. The third kappa shape index (κ3) is 1.90. The van der Waals surface area contributed by atoms with Gasteiger partial charge in [0.05, 0.1) is 12.2 Å². The van der Waals surface area contributed by atoms with Gasteiger partial charge >= 0.3 is 0 Å². The maximum absolute atomic E-state index is 13.0. The number of pyridine rings is 1. The minimum absolute atomic E-state index is 0.0535. The number of nitrogens with zero attached hydrogens (tertiary/aromatic N) is 4. The van der Waals surface area contributed by atoms with Crippen molar-refractivity contribution in [3.8, 4) is 0 Å². The van der Waals surface area contributed by atoms with Gasteiger partial charge in [0, 0.05) is 12.4 Å². The first-order chi connectivity index (χ1) is 8.72. The average molecular weight is 246 g/mol. The van der Waals surface area contributed by atoms with Crippen LogP contribution in [0, 0.1) is 5.82 Å². The SMILES string of the molecule is CC(Nc1nc2ccc(F)cn2n1)c1ncc[nH]1. The monoisotopic (exact) mass is 246 g/mol. The van der Waals surface area contributed by atoms with E-state index in [0.29, 0.717) is 11.6 Å². The van der Waals surface area contributed by atoms with Crippen LogP contribution in [0.4, 0.5) is 10.3 Å². The van der Waals surface area contributed by atoms with Gasteiger partial charge in [0.1, 0.15) is 11.6 Å². The molecule has 18 heavy (non-hydrogen) atoms. The number of aromatic amines is 1. The molecule has 0 fully saturated rings. The summed E-state index contributed by atoms with van der Waals surface area (Å²) >= 11 is 0. The molecule has 7 heteroatoms. The van der Waals surface area contributed by atoms with Crippen molar-refractivity contribution in [2.75, 3.05) is 5.32 Å². The quantitative estimate of drug-likeness (QED) is 0.738. The fraction of sp³-hybridized carbons (Fsp3) is 0.182. The number of fused-ring (bicyclic) bond motifs is 1. The lowest BCUT2D eigenvalue weighted by atomic mass is 10.3. The summed E-state index contributed by atoms with van der Waals surface area (Å²) in [5.41, 5.74) is 0.588. The summed E-state index contributed by atoms with van der Waals surface area (Å²) in [4.78, 5) is 11.4. The van der Waals surface area contributed by atoms with Gasteiger partial charge in [-0.25, -0.2) is 13.9 Å². The number of hydrogen-bond acceptors (Lipinski definition) is 4. The molecule has 3 heterocycles. The van der Waals surface area contributed by atoms with Gasteiger partial charge in [-0.15, -0.1) is 5.10 Å². The first-order valence-corrected chi connectivity index (χ1v) is 5.50. The normalized spacial score (nSPS) is 12.8. The van der Waals surface area contributed by atoms with Gasteiger partial charge in [-0.2, -0.15) is 4.98 Å². The van der Waals surface area contributed by atoms with E-state index in [9.17, 15) is 4.39 Å². The van der Waals surface area contributed by atoms with Crippen molar-refractivity contribution in [3.63, 3.8) is 0 Å². The third-order valence-electron chi connectivity index (χ3n) is 2.57. The van der Waals surface area contributed by atoms with Gasteiger partial charge in [-0.1, -0.05) is 0 Å². The van der Waals surface area contributed by atoms with E-state index < -0.39 is 0 Å². The molecule has 3 aromatic rings. The second-order valence-corrected chi connectivity index (χ2v) is 3.93. The summed E-state index contributed by atoms with van der Waals surface area (Å²) in [5, 5.41) is 7.23. The Morgan fingerprint density at radius 3 is 3.11 bits per heavy atom. The molecular weight excluding hydrogens is 235 g/mol. The van der Waals surface area contributed by atoms with Crippen molar-refractivity contribution >= 4 is 11.6 Å². The Labute approximate surface area is 102 Å². The zero-order chi connectivity index (χ0) is 12.5.